The number of nitrogens with zero attached hydrogens (tertiary/aromatic N) is 1. The van der Waals surface area contributed by atoms with Crippen LogP contribution < -0.4 is 5.32 Å². The predicted octanol–water partition coefficient (Wildman–Crippen LogP) is 3.63. The monoisotopic (exact) mass is 262 g/mol. The molecule has 0 heterocycles. The number of halogens is 2. The minimum atomic E-state index is -0.448. The maximum atomic E-state index is 8.65. The number of alkyl halides is 2. The lowest BCUT2D eigenvalue weighted by Crippen LogP contribution is -2.36. The van der Waals surface area contributed by atoms with Crippen LogP contribution in [0.4, 0.5) is 0 Å². The normalized spacial score (nSPS) is 25.8. The Morgan fingerprint density at radius 3 is 2.62 bits per heavy atom. The summed E-state index contributed by atoms with van der Waals surface area (Å²) < 4.78 is -0.448. The largest absolute Gasteiger partial charge is 0.310 e. The van der Waals surface area contributed by atoms with Crippen LogP contribution in [0.5, 0.6) is 0 Å². The van der Waals surface area contributed by atoms with Crippen molar-refractivity contribution in [3.05, 3.63) is 0 Å². The van der Waals surface area contributed by atoms with Crippen molar-refractivity contribution in [1.82, 2.24) is 5.32 Å². The molecule has 2 nitrogen and oxygen atoms in total. The van der Waals surface area contributed by atoms with Gasteiger partial charge in [0.1, 0.15) is 4.33 Å². The molecule has 0 aromatic heterocycles. The van der Waals surface area contributed by atoms with E-state index in [9.17, 15) is 0 Å². The van der Waals surface area contributed by atoms with E-state index in [2.05, 4.69) is 25.2 Å². The fourth-order valence-electron chi connectivity index (χ4n) is 1.95. The number of hydrogen-bond donors (Lipinski definition) is 1. The third-order valence-corrected chi connectivity index (χ3v) is 4.18. The van der Waals surface area contributed by atoms with Crippen LogP contribution >= 0.6 is 23.2 Å². The van der Waals surface area contributed by atoms with E-state index < -0.39 is 4.33 Å². The standard InChI is InChI=1S/C12H20Cl2N2/c1-3-11(6-7-15)16-9(2)4-5-10-8-12(10,13)14/h9-11,16H,3-6,8H2,1-2H3/t9-,10+,11-/m1/s1. The van der Waals surface area contributed by atoms with Gasteiger partial charge >= 0.3 is 0 Å². The third kappa shape index (κ3) is 4.49. The van der Waals surface area contributed by atoms with E-state index >= 15 is 0 Å². The van der Waals surface area contributed by atoms with Crippen LogP contribution in [-0.4, -0.2) is 16.4 Å². The molecule has 0 bridgehead atoms. The van der Waals surface area contributed by atoms with E-state index in [0.717, 1.165) is 25.7 Å². The van der Waals surface area contributed by atoms with Crippen molar-refractivity contribution in [2.24, 2.45) is 5.92 Å². The molecule has 0 unspecified atom stereocenters. The van der Waals surface area contributed by atoms with Gasteiger partial charge in [0.15, 0.2) is 0 Å². The summed E-state index contributed by atoms with van der Waals surface area (Å²) in [6.45, 7) is 4.26. The molecule has 0 radical (unpaired) electrons. The quantitative estimate of drug-likeness (QED) is 0.712. The molecule has 1 fully saturated rings. The molecule has 0 aromatic carbocycles. The fraction of sp³-hybridized carbons (Fsp3) is 0.917. The van der Waals surface area contributed by atoms with Gasteiger partial charge in [-0.2, -0.15) is 5.26 Å². The first kappa shape index (κ1) is 14.1. The molecule has 1 N–H and O–H groups in total. The lowest BCUT2D eigenvalue weighted by molar-refractivity contribution is 0.407. The molecule has 1 saturated carbocycles. The molecule has 1 aliphatic carbocycles. The highest BCUT2D eigenvalue weighted by molar-refractivity contribution is 6.50. The molecule has 4 heteroatoms. The van der Waals surface area contributed by atoms with Crippen molar-refractivity contribution in [2.75, 3.05) is 0 Å². The molecule has 92 valence electrons. The Balaban J connectivity index is 2.15. The summed E-state index contributed by atoms with van der Waals surface area (Å²) in [7, 11) is 0. The van der Waals surface area contributed by atoms with Gasteiger partial charge < -0.3 is 5.32 Å². The van der Waals surface area contributed by atoms with Gasteiger partial charge in [0.05, 0.1) is 12.5 Å². The van der Waals surface area contributed by atoms with Crippen LogP contribution in [-0.2, 0) is 0 Å². The molecular weight excluding hydrogens is 243 g/mol. The molecule has 1 aliphatic rings. The van der Waals surface area contributed by atoms with Crippen LogP contribution in [0.15, 0.2) is 0 Å². The van der Waals surface area contributed by atoms with Crippen molar-refractivity contribution in [1.29, 1.82) is 5.26 Å². The van der Waals surface area contributed by atoms with Crippen molar-refractivity contribution in [2.45, 2.75) is 62.4 Å². The second-order valence-electron chi connectivity index (χ2n) is 4.77. The van der Waals surface area contributed by atoms with Crippen LogP contribution in [0.1, 0.15) is 46.0 Å². The lowest BCUT2D eigenvalue weighted by Gasteiger charge is -2.20. The Morgan fingerprint density at radius 2 is 2.19 bits per heavy atom. The zero-order valence-electron chi connectivity index (χ0n) is 9.97. The highest BCUT2D eigenvalue weighted by Gasteiger charge is 2.50. The average Bonchev–Trinajstić information content (AvgIpc) is 2.83. The number of hydrogen-bond acceptors (Lipinski definition) is 2. The number of rotatable bonds is 7. The van der Waals surface area contributed by atoms with Crippen molar-refractivity contribution < 1.29 is 0 Å². The first-order valence-electron chi connectivity index (χ1n) is 6.00. The maximum Gasteiger partial charge on any atom is 0.121 e. The van der Waals surface area contributed by atoms with Crippen LogP contribution in [0.25, 0.3) is 0 Å². The molecule has 0 saturated heterocycles. The Kier molecular flexibility index (Phi) is 5.37. The van der Waals surface area contributed by atoms with Gasteiger partial charge in [0, 0.05) is 12.1 Å². The van der Waals surface area contributed by atoms with Gasteiger partial charge in [-0.25, -0.2) is 0 Å². The van der Waals surface area contributed by atoms with Crippen molar-refractivity contribution in [3.8, 4) is 6.07 Å². The zero-order valence-corrected chi connectivity index (χ0v) is 11.5. The lowest BCUT2D eigenvalue weighted by atomic mass is 10.1. The maximum absolute atomic E-state index is 8.65. The summed E-state index contributed by atoms with van der Waals surface area (Å²) in [5.41, 5.74) is 0. The van der Waals surface area contributed by atoms with E-state index in [1.54, 1.807) is 0 Å². The third-order valence-electron chi connectivity index (χ3n) is 3.25. The van der Waals surface area contributed by atoms with Gasteiger partial charge in [-0.05, 0) is 38.5 Å². The first-order valence-corrected chi connectivity index (χ1v) is 6.76. The zero-order chi connectivity index (χ0) is 12.2. The first-order chi connectivity index (χ1) is 7.49. The van der Waals surface area contributed by atoms with E-state index in [4.69, 9.17) is 28.5 Å². The van der Waals surface area contributed by atoms with Crippen LogP contribution in [0.3, 0.4) is 0 Å². The van der Waals surface area contributed by atoms with Crippen LogP contribution in [0.2, 0.25) is 0 Å². The van der Waals surface area contributed by atoms with Gasteiger partial charge in [-0.3, -0.25) is 0 Å². The Hall–Kier alpha value is 0.0300. The highest BCUT2D eigenvalue weighted by Crippen LogP contribution is 2.55. The summed E-state index contributed by atoms with van der Waals surface area (Å²) in [4.78, 5) is 0. The van der Waals surface area contributed by atoms with Gasteiger partial charge in [0.2, 0.25) is 0 Å². The van der Waals surface area contributed by atoms with Crippen molar-refractivity contribution in [3.63, 3.8) is 0 Å². The van der Waals surface area contributed by atoms with E-state index in [-0.39, 0.29) is 0 Å². The summed E-state index contributed by atoms with van der Waals surface area (Å²) in [5, 5.41) is 12.1. The van der Waals surface area contributed by atoms with Gasteiger partial charge in [-0.15, -0.1) is 23.2 Å². The van der Waals surface area contributed by atoms with E-state index in [1.807, 2.05) is 0 Å². The minimum Gasteiger partial charge on any atom is -0.310 e. The minimum absolute atomic E-state index is 0.316. The Morgan fingerprint density at radius 1 is 1.56 bits per heavy atom. The SMILES string of the molecule is CC[C@H](CC#N)N[C@H](C)CC[C@H]1CC1(Cl)Cl. The second-order valence-corrected chi connectivity index (χ2v) is 6.32. The summed E-state index contributed by atoms with van der Waals surface area (Å²) in [6.07, 6.45) is 4.66. The molecule has 0 aliphatic heterocycles. The second kappa shape index (κ2) is 6.10. The summed E-state index contributed by atoms with van der Waals surface area (Å²) in [5.74, 6) is 0.469. The smallest absolute Gasteiger partial charge is 0.121 e. The van der Waals surface area contributed by atoms with E-state index in [1.165, 1.54) is 0 Å². The van der Waals surface area contributed by atoms with Gasteiger partial charge in [-0.1, -0.05) is 6.92 Å². The van der Waals surface area contributed by atoms with Gasteiger partial charge in [0.25, 0.3) is 0 Å². The molecule has 3 atom stereocenters. The summed E-state index contributed by atoms with van der Waals surface area (Å²) >= 11 is 12.0. The van der Waals surface area contributed by atoms with Crippen molar-refractivity contribution >= 4 is 23.2 Å². The molecule has 0 spiro atoms. The molecule has 0 aromatic rings. The molecular formula is C12H20Cl2N2. The molecule has 1 rings (SSSR count). The van der Waals surface area contributed by atoms with Crippen LogP contribution in [0, 0.1) is 17.2 Å². The molecule has 0 amide bonds. The Labute approximate surface area is 108 Å². The number of nitrogens with one attached hydrogen (secondary N) is 1. The fourth-order valence-corrected chi connectivity index (χ4v) is 2.54. The highest BCUT2D eigenvalue weighted by atomic mass is 35.5. The number of nitriles is 1. The van der Waals surface area contributed by atoms with E-state index in [0.29, 0.717) is 24.4 Å². The summed E-state index contributed by atoms with van der Waals surface area (Å²) in [6, 6.07) is 2.96. The Bertz CT molecular complexity index is 260. The molecule has 16 heavy (non-hydrogen) atoms. The predicted molar refractivity (Wildman–Crippen MR) is 68.7 cm³/mol. The average molecular weight is 263 g/mol. The topological polar surface area (TPSA) is 35.8 Å².